The van der Waals surface area contributed by atoms with Gasteiger partial charge in [-0.2, -0.15) is 10.5 Å². The number of halogens is 1. The van der Waals surface area contributed by atoms with Gasteiger partial charge in [0.05, 0.1) is 17.6 Å². The summed E-state index contributed by atoms with van der Waals surface area (Å²) in [5, 5.41) is 17.2. The van der Waals surface area contributed by atoms with Crippen LogP contribution in [0.25, 0.3) is 0 Å². The van der Waals surface area contributed by atoms with Crippen molar-refractivity contribution < 1.29 is 13.9 Å². The molecule has 0 bridgehead atoms. The van der Waals surface area contributed by atoms with Crippen molar-refractivity contribution in [1.29, 1.82) is 10.5 Å². The third-order valence-electron chi connectivity index (χ3n) is 3.83. The van der Waals surface area contributed by atoms with Crippen molar-refractivity contribution in [2.75, 3.05) is 0 Å². The van der Waals surface area contributed by atoms with E-state index in [9.17, 15) is 9.18 Å². The fourth-order valence-corrected chi connectivity index (χ4v) is 2.58. The zero-order valence-electron chi connectivity index (χ0n) is 12.0. The van der Waals surface area contributed by atoms with E-state index in [4.69, 9.17) is 15.3 Å². The van der Waals surface area contributed by atoms with Gasteiger partial charge in [0.1, 0.15) is 17.6 Å². The molecular weight excluding hydrogens is 283 g/mol. The minimum Gasteiger partial charge on any atom is -0.426 e. The first-order chi connectivity index (χ1) is 10.6. The fraction of sp³-hybridized carbons (Fsp3) is 0.353. The summed E-state index contributed by atoms with van der Waals surface area (Å²) in [4.78, 5) is 12.1. The number of rotatable bonds is 3. The molecule has 0 amide bonds. The van der Waals surface area contributed by atoms with Crippen molar-refractivity contribution in [3.63, 3.8) is 0 Å². The molecule has 0 aliphatic heterocycles. The van der Waals surface area contributed by atoms with Gasteiger partial charge in [-0.1, -0.05) is 6.08 Å². The smallest absolute Gasteiger partial charge is 0.314 e. The van der Waals surface area contributed by atoms with Crippen molar-refractivity contribution in [2.45, 2.75) is 25.7 Å². The molecule has 1 fully saturated rings. The lowest BCUT2D eigenvalue weighted by molar-refractivity contribution is -0.140. The minimum atomic E-state index is -0.696. The second kappa shape index (κ2) is 7.38. The summed E-state index contributed by atoms with van der Waals surface area (Å²) < 4.78 is 18.7. The molecule has 0 saturated heterocycles. The number of ether oxygens (including phenoxy) is 1. The van der Waals surface area contributed by atoms with Crippen molar-refractivity contribution in [2.24, 2.45) is 11.8 Å². The molecule has 4 nitrogen and oxygen atoms in total. The highest BCUT2D eigenvalue weighted by atomic mass is 19.1. The van der Waals surface area contributed by atoms with E-state index in [1.165, 1.54) is 18.2 Å². The molecule has 1 aliphatic carbocycles. The van der Waals surface area contributed by atoms with E-state index in [2.05, 4.69) is 0 Å². The number of benzene rings is 1. The molecule has 0 aromatic heterocycles. The lowest BCUT2D eigenvalue weighted by atomic mass is 9.82. The van der Waals surface area contributed by atoms with E-state index in [-0.39, 0.29) is 23.2 Å². The number of carbonyl (C=O) groups is 1. The van der Waals surface area contributed by atoms with Crippen LogP contribution in [-0.2, 0) is 4.79 Å². The van der Waals surface area contributed by atoms with Gasteiger partial charge in [-0.05, 0) is 43.7 Å². The number of esters is 1. The van der Waals surface area contributed by atoms with Crippen molar-refractivity contribution >= 4 is 5.97 Å². The maximum Gasteiger partial charge on any atom is 0.314 e. The molecule has 0 N–H and O–H groups in total. The highest BCUT2D eigenvalue weighted by molar-refractivity contribution is 5.75. The molecule has 2 rings (SSSR count). The van der Waals surface area contributed by atoms with Crippen LogP contribution in [0.2, 0.25) is 0 Å². The summed E-state index contributed by atoms with van der Waals surface area (Å²) in [6.07, 6.45) is 6.40. The molecule has 0 radical (unpaired) electrons. The molecule has 0 atom stereocenters. The van der Waals surface area contributed by atoms with Gasteiger partial charge in [-0.3, -0.25) is 4.79 Å². The van der Waals surface area contributed by atoms with Crippen LogP contribution in [0, 0.1) is 40.3 Å². The third-order valence-corrected chi connectivity index (χ3v) is 3.83. The molecule has 1 aromatic rings. The SMILES string of the molecule is N#CC=CC1CCC(C(=O)Oc2ccc(C#N)c(F)c2)CC1. The van der Waals surface area contributed by atoms with Crippen LogP contribution >= 0.6 is 0 Å². The van der Waals surface area contributed by atoms with E-state index in [0.717, 1.165) is 18.9 Å². The summed E-state index contributed by atoms with van der Waals surface area (Å²) in [7, 11) is 0. The largest absolute Gasteiger partial charge is 0.426 e. The number of hydrogen-bond donors (Lipinski definition) is 0. The standard InChI is InChI=1S/C17H15FN2O2/c18-16-10-15(8-7-14(16)11-20)22-17(21)13-5-3-12(4-6-13)2-1-9-19/h1-2,7-8,10,12-13H,3-6H2. The summed E-state index contributed by atoms with van der Waals surface area (Å²) in [6.45, 7) is 0. The Balaban J connectivity index is 1.91. The average Bonchev–Trinajstić information content (AvgIpc) is 2.53. The molecule has 5 heteroatoms. The lowest BCUT2D eigenvalue weighted by Gasteiger charge is -2.25. The van der Waals surface area contributed by atoms with Crippen LogP contribution in [-0.4, -0.2) is 5.97 Å². The Labute approximate surface area is 128 Å². The van der Waals surface area contributed by atoms with E-state index >= 15 is 0 Å². The first-order valence-corrected chi connectivity index (χ1v) is 7.11. The Morgan fingerprint density at radius 1 is 1.27 bits per heavy atom. The number of allylic oxidation sites excluding steroid dienone is 2. The van der Waals surface area contributed by atoms with Gasteiger partial charge in [0.2, 0.25) is 0 Å². The summed E-state index contributed by atoms with van der Waals surface area (Å²) in [5.74, 6) is -0.820. The van der Waals surface area contributed by atoms with Crippen LogP contribution in [0.4, 0.5) is 4.39 Å². The van der Waals surface area contributed by atoms with Crippen LogP contribution in [0.5, 0.6) is 5.75 Å². The van der Waals surface area contributed by atoms with E-state index in [1.807, 2.05) is 12.1 Å². The Bertz CT molecular complexity index is 662. The second-order valence-electron chi connectivity index (χ2n) is 5.27. The van der Waals surface area contributed by atoms with Gasteiger partial charge < -0.3 is 4.74 Å². The van der Waals surface area contributed by atoms with Gasteiger partial charge in [0.25, 0.3) is 0 Å². The lowest BCUT2D eigenvalue weighted by Crippen LogP contribution is -2.25. The van der Waals surface area contributed by atoms with E-state index < -0.39 is 5.82 Å². The Kier molecular flexibility index (Phi) is 5.27. The average molecular weight is 298 g/mol. The second-order valence-corrected chi connectivity index (χ2v) is 5.27. The number of nitrogens with zero attached hydrogens (tertiary/aromatic N) is 2. The van der Waals surface area contributed by atoms with Gasteiger partial charge in [-0.25, -0.2) is 4.39 Å². The fourth-order valence-electron chi connectivity index (χ4n) is 2.58. The summed E-state index contributed by atoms with van der Waals surface area (Å²) >= 11 is 0. The minimum absolute atomic E-state index is 0.0791. The Hall–Kier alpha value is -2.66. The van der Waals surface area contributed by atoms with Gasteiger partial charge in [-0.15, -0.1) is 0 Å². The summed E-state index contributed by atoms with van der Waals surface area (Å²) in [5.41, 5.74) is -0.0791. The highest BCUT2D eigenvalue weighted by Gasteiger charge is 2.26. The zero-order chi connectivity index (χ0) is 15.9. The normalized spacial score (nSPS) is 21.0. The van der Waals surface area contributed by atoms with E-state index in [1.54, 1.807) is 6.07 Å². The van der Waals surface area contributed by atoms with E-state index in [0.29, 0.717) is 18.8 Å². The quantitative estimate of drug-likeness (QED) is 0.486. The first kappa shape index (κ1) is 15.7. The zero-order valence-corrected chi connectivity index (χ0v) is 12.0. The van der Waals surface area contributed by atoms with Crippen LogP contribution in [0.1, 0.15) is 31.2 Å². The van der Waals surface area contributed by atoms with Crippen molar-refractivity contribution in [3.8, 4) is 17.9 Å². The summed E-state index contributed by atoms with van der Waals surface area (Å²) in [6, 6.07) is 7.45. The number of nitriles is 2. The predicted molar refractivity (Wildman–Crippen MR) is 77.0 cm³/mol. The van der Waals surface area contributed by atoms with Gasteiger partial charge >= 0.3 is 5.97 Å². The maximum atomic E-state index is 13.5. The Morgan fingerprint density at radius 3 is 2.59 bits per heavy atom. The monoisotopic (exact) mass is 298 g/mol. The van der Waals surface area contributed by atoms with Crippen molar-refractivity contribution in [1.82, 2.24) is 0 Å². The molecule has 0 spiro atoms. The molecule has 0 unspecified atom stereocenters. The van der Waals surface area contributed by atoms with Crippen LogP contribution in [0.3, 0.4) is 0 Å². The van der Waals surface area contributed by atoms with Crippen molar-refractivity contribution in [3.05, 3.63) is 41.7 Å². The molecule has 1 aromatic carbocycles. The highest BCUT2D eigenvalue weighted by Crippen LogP contribution is 2.31. The maximum absolute atomic E-state index is 13.5. The topological polar surface area (TPSA) is 73.9 Å². The third kappa shape index (κ3) is 3.93. The molecule has 1 aliphatic rings. The molecule has 112 valence electrons. The molecular formula is C17H15FN2O2. The van der Waals surface area contributed by atoms with Gasteiger partial charge in [0, 0.05) is 12.1 Å². The molecule has 0 heterocycles. The molecule has 22 heavy (non-hydrogen) atoms. The Morgan fingerprint density at radius 2 is 2.00 bits per heavy atom. The van der Waals surface area contributed by atoms with Crippen LogP contribution < -0.4 is 4.74 Å². The number of carbonyl (C=O) groups excluding carboxylic acids is 1. The van der Waals surface area contributed by atoms with Gasteiger partial charge in [0.15, 0.2) is 0 Å². The molecule has 1 saturated carbocycles. The predicted octanol–water partition coefficient (Wildman–Crippen LogP) is 3.49. The van der Waals surface area contributed by atoms with Crippen LogP contribution in [0.15, 0.2) is 30.4 Å². The first-order valence-electron chi connectivity index (χ1n) is 7.11. The number of hydrogen-bond acceptors (Lipinski definition) is 4.